The maximum Gasteiger partial charge on any atom is 0.194 e. The molecule has 1 aromatic rings. The molecule has 1 aromatic heterocycles. The Balaban J connectivity index is 2.35. The number of methoxy groups -OCH3 is 1. The van der Waals surface area contributed by atoms with E-state index < -0.39 is 0 Å². The van der Waals surface area contributed by atoms with E-state index in [1.165, 1.54) is 0 Å². The molecule has 0 saturated heterocycles. The lowest BCUT2D eigenvalue weighted by Gasteiger charge is -2.21. The molecule has 0 radical (unpaired) electrons. The van der Waals surface area contributed by atoms with Crippen LogP contribution in [0.3, 0.4) is 0 Å². The first-order valence-electron chi connectivity index (χ1n) is 6.96. The van der Waals surface area contributed by atoms with Crippen molar-refractivity contribution in [3.05, 3.63) is 17.8 Å². The number of nitrogens with one attached hydrogen (secondary N) is 1. The molecule has 1 N–H and O–H groups in total. The van der Waals surface area contributed by atoms with Crippen LogP contribution in [0.1, 0.15) is 52.7 Å². The number of hydrogen-bond donors (Lipinski definition) is 1. The molecule has 0 unspecified atom stereocenters. The van der Waals surface area contributed by atoms with Crippen molar-refractivity contribution in [2.24, 2.45) is 0 Å². The molecule has 0 spiro atoms. The average Bonchev–Trinajstić information content (AvgIpc) is 2.70. The monoisotopic (exact) mass is 268 g/mol. The predicted molar refractivity (Wildman–Crippen MR) is 77.4 cm³/mol. The molecule has 0 saturated carbocycles. The van der Waals surface area contributed by atoms with Crippen LogP contribution in [0.25, 0.3) is 0 Å². The van der Waals surface area contributed by atoms with Gasteiger partial charge in [0.1, 0.15) is 5.76 Å². The minimum absolute atomic E-state index is 0.171. The molecule has 0 aliphatic heterocycles. The highest BCUT2D eigenvalue weighted by Crippen LogP contribution is 2.17. The van der Waals surface area contributed by atoms with Gasteiger partial charge in [0.05, 0.1) is 11.8 Å². The van der Waals surface area contributed by atoms with Crippen molar-refractivity contribution in [3.63, 3.8) is 0 Å². The van der Waals surface area contributed by atoms with Gasteiger partial charge >= 0.3 is 0 Å². The third-order valence-corrected chi connectivity index (χ3v) is 2.98. The summed E-state index contributed by atoms with van der Waals surface area (Å²) in [7, 11) is 1.72. The predicted octanol–water partition coefficient (Wildman–Crippen LogP) is 2.96. The fraction of sp³-hybridized carbons (Fsp3) is 0.800. The van der Waals surface area contributed by atoms with Gasteiger partial charge in [-0.3, -0.25) is 0 Å². The molecule has 19 heavy (non-hydrogen) atoms. The second-order valence-corrected chi connectivity index (χ2v) is 6.64. The van der Waals surface area contributed by atoms with Gasteiger partial charge in [0, 0.05) is 25.5 Å². The van der Waals surface area contributed by atoms with Crippen LogP contribution in [0.4, 0.5) is 0 Å². The lowest BCUT2D eigenvalue weighted by Crippen LogP contribution is -2.36. The van der Waals surface area contributed by atoms with Crippen molar-refractivity contribution in [1.82, 2.24) is 10.3 Å². The first kappa shape index (κ1) is 16.2. The van der Waals surface area contributed by atoms with Crippen molar-refractivity contribution in [1.29, 1.82) is 0 Å². The number of ether oxygens (including phenoxy) is 1. The summed E-state index contributed by atoms with van der Waals surface area (Å²) in [4.78, 5) is 4.32. The number of hydrogen-bond acceptors (Lipinski definition) is 4. The number of nitrogens with zero attached hydrogens (tertiary/aromatic N) is 1. The molecule has 0 amide bonds. The maximum atomic E-state index is 5.73. The summed E-state index contributed by atoms with van der Waals surface area (Å²) in [5.41, 5.74) is -0.0329. The van der Waals surface area contributed by atoms with Gasteiger partial charge in [-0.2, -0.15) is 0 Å². The standard InChI is InChI=1S/C15H28N2O2/c1-14(2,3)17-9-7-8-13-16-11-12(19-13)10-15(4,5)18-6/h11,17H,7-10H2,1-6H3. The summed E-state index contributed by atoms with van der Waals surface area (Å²) in [6.07, 6.45) is 4.46. The van der Waals surface area contributed by atoms with E-state index in [1.807, 2.05) is 20.0 Å². The van der Waals surface area contributed by atoms with Crippen molar-refractivity contribution in [2.75, 3.05) is 13.7 Å². The summed E-state index contributed by atoms with van der Waals surface area (Å²) in [6, 6.07) is 0. The minimum atomic E-state index is -0.204. The molecule has 4 nitrogen and oxygen atoms in total. The first-order chi connectivity index (χ1) is 8.72. The third-order valence-electron chi connectivity index (χ3n) is 2.98. The van der Waals surface area contributed by atoms with Crippen LogP contribution in [0.5, 0.6) is 0 Å². The van der Waals surface area contributed by atoms with E-state index in [9.17, 15) is 0 Å². The van der Waals surface area contributed by atoms with Crippen LogP contribution in [0, 0.1) is 0 Å². The normalized spacial score (nSPS) is 12.9. The van der Waals surface area contributed by atoms with Crippen LogP contribution in [0.15, 0.2) is 10.6 Å². The third kappa shape index (κ3) is 6.73. The van der Waals surface area contributed by atoms with Crippen LogP contribution in [0.2, 0.25) is 0 Å². The number of aryl methyl sites for hydroxylation is 1. The van der Waals surface area contributed by atoms with Gasteiger partial charge in [-0.15, -0.1) is 0 Å². The zero-order valence-electron chi connectivity index (χ0n) is 13.2. The summed E-state index contributed by atoms with van der Waals surface area (Å²) in [5.74, 6) is 1.71. The SMILES string of the molecule is COC(C)(C)Cc1cnc(CCCNC(C)(C)C)o1. The Kier molecular flexibility index (Phi) is 5.56. The smallest absolute Gasteiger partial charge is 0.194 e. The van der Waals surface area contributed by atoms with Gasteiger partial charge in [0.15, 0.2) is 5.89 Å². The van der Waals surface area contributed by atoms with Gasteiger partial charge in [-0.1, -0.05) is 0 Å². The summed E-state index contributed by atoms with van der Waals surface area (Å²) in [5, 5.41) is 3.46. The molecule has 0 aliphatic rings. The number of aromatic nitrogens is 1. The summed E-state index contributed by atoms with van der Waals surface area (Å²) >= 11 is 0. The van der Waals surface area contributed by atoms with E-state index in [4.69, 9.17) is 9.15 Å². The van der Waals surface area contributed by atoms with Crippen LogP contribution >= 0.6 is 0 Å². The van der Waals surface area contributed by atoms with Gasteiger partial charge in [0.25, 0.3) is 0 Å². The molecule has 0 aromatic carbocycles. The Morgan fingerprint density at radius 2 is 1.95 bits per heavy atom. The molecular formula is C15H28N2O2. The quantitative estimate of drug-likeness (QED) is 0.772. The molecule has 0 atom stereocenters. The maximum absolute atomic E-state index is 5.73. The lowest BCUT2D eigenvalue weighted by atomic mass is 10.0. The van der Waals surface area contributed by atoms with Crippen LogP contribution in [-0.4, -0.2) is 29.8 Å². The number of oxazole rings is 1. The van der Waals surface area contributed by atoms with E-state index in [2.05, 4.69) is 31.1 Å². The van der Waals surface area contributed by atoms with Gasteiger partial charge < -0.3 is 14.5 Å². The molecule has 0 aliphatic carbocycles. The van der Waals surface area contributed by atoms with Crippen LogP contribution < -0.4 is 5.32 Å². The molecule has 110 valence electrons. The molecule has 1 heterocycles. The lowest BCUT2D eigenvalue weighted by molar-refractivity contribution is 0.0190. The van der Waals surface area contributed by atoms with E-state index in [1.54, 1.807) is 7.11 Å². The largest absolute Gasteiger partial charge is 0.446 e. The van der Waals surface area contributed by atoms with Gasteiger partial charge in [-0.25, -0.2) is 4.98 Å². The second-order valence-electron chi connectivity index (χ2n) is 6.64. The number of rotatable bonds is 7. The molecule has 4 heteroatoms. The Bertz CT molecular complexity index is 378. The minimum Gasteiger partial charge on any atom is -0.446 e. The summed E-state index contributed by atoms with van der Waals surface area (Å²) in [6.45, 7) is 11.6. The topological polar surface area (TPSA) is 47.3 Å². The van der Waals surface area contributed by atoms with Crippen molar-refractivity contribution >= 4 is 0 Å². The van der Waals surface area contributed by atoms with E-state index in [0.717, 1.165) is 37.5 Å². The second kappa shape index (κ2) is 6.53. The first-order valence-corrected chi connectivity index (χ1v) is 6.96. The molecule has 0 fully saturated rings. The van der Waals surface area contributed by atoms with Gasteiger partial charge in [-0.05, 0) is 47.6 Å². The Morgan fingerprint density at radius 3 is 2.53 bits per heavy atom. The van der Waals surface area contributed by atoms with E-state index >= 15 is 0 Å². The van der Waals surface area contributed by atoms with E-state index in [-0.39, 0.29) is 11.1 Å². The highest BCUT2D eigenvalue weighted by molar-refractivity contribution is 4.98. The average molecular weight is 268 g/mol. The highest BCUT2D eigenvalue weighted by Gasteiger charge is 2.19. The van der Waals surface area contributed by atoms with Crippen LogP contribution in [-0.2, 0) is 17.6 Å². The van der Waals surface area contributed by atoms with Gasteiger partial charge in [0.2, 0.25) is 0 Å². The zero-order valence-corrected chi connectivity index (χ0v) is 13.2. The molecular weight excluding hydrogens is 240 g/mol. The zero-order chi connectivity index (χ0) is 14.5. The Morgan fingerprint density at radius 1 is 1.26 bits per heavy atom. The summed E-state index contributed by atoms with van der Waals surface area (Å²) < 4.78 is 11.1. The fourth-order valence-corrected chi connectivity index (χ4v) is 1.74. The fourth-order valence-electron chi connectivity index (χ4n) is 1.74. The highest BCUT2D eigenvalue weighted by atomic mass is 16.5. The van der Waals surface area contributed by atoms with Crippen molar-refractivity contribution in [3.8, 4) is 0 Å². The molecule has 0 bridgehead atoms. The Hall–Kier alpha value is -0.870. The van der Waals surface area contributed by atoms with Crippen molar-refractivity contribution < 1.29 is 9.15 Å². The Labute approximate surface area is 116 Å². The van der Waals surface area contributed by atoms with E-state index in [0.29, 0.717) is 0 Å². The van der Waals surface area contributed by atoms with Crippen molar-refractivity contribution in [2.45, 2.75) is 65.0 Å². The molecule has 1 rings (SSSR count).